The molecule has 41 heavy (non-hydrogen) atoms. The molecule has 0 radical (unpaired) electrons. The van der Waals surface area contributed by atoms with E-state index in [0.717, 1.165) is 25.9 Å². The van der Waals surface area contributed by atoms with Crippen molar-refractivity contribution in [3.05, 3.63) is 29.8 Å². The van der Waals surface area contributed by atoms with E-state index in [1.54, 1.807) is 38.1 Å². The van der Waals surface area contributed by atoms with Crippen molar-refractivity contribution in [1.82, 2.24) is 31.5 Å². The SMILES string of the molecule is CC(C)[C@H]1NC(=O)C(C)(C)NC(=O)C[C@@H](C(=O)NCCN2CCCCC2)NC(=O)c2ccccc2OCCNC1=O. The van der Waals surface area contributed by atoms with Crippen LogP contribution < -0.4 is 31.3 Å². The van der Waals surface area contributed by atoms with Crippen LogP contribution in [0.4, 0.5) is 0 Å². The van der Waals surface area contributed by atoms with Crippen molar-refractivity contribution in [1.29, 1.82) is 0 Å². The summed E-state index contributed by atoms with van der Waals surface area (Å²) in [6.45, 7) is 9.84. The fourth-order valence-electron chi connectivity index (χ4n) is 4.81. The van der Waals surface area contributed by atoms with Crippen LogP contribution in [0, 0.1) is 5.92 Å². The number of benzene rings is 1. The summed E-state index contributed by atoms with van der Waals surface area (Å²) in [7, 11) is 0. The van der Waals surface area contributed by atoms with E-state index in [1.807, 2.05) is 0 Å². The van der Waals surface area contributed by atoms with Gasteiger partial charge in [-0.2, -0.15) is 0 Å². The van der Waals surface area contributed by atoms with Gasteiger partial charge in [0.05, 0.1) is 18.5 Å². The van der Waals surface area contributed by atoms with Crippen LogP contribution in [0.25, 0.3) is 0 Å². The minimum Gasteiger partial charge on any atom is -0.491 e. The molecule has 0 aliphatic carbocycles. The highest BCUT2D eigenvalue weighted by atomic mass is 16.5. The van der Waals surface area contributed by atoms with Crippen LogP contribution in [0.1, 0.15) is 63.7 Å². The summed E-state index contributed by atoms with van der Waals surface area (Å²) in [6.07, 6.45) is 3.06. The minimum atomic E-state index is -1.40. The molecule has 12 heteroatoms. The molecule has 0 aromatic heterocycles. The molecule has 2 aliphatic heterocycles. The highest BCUT2D eigenvalue weighted by Gasteiger charge is 2.35. The fraction of sp³-hybridized carbons (Fsp3) is 0.621. The average Bonchev–Trinajstić information content (AvgIpc) is 2.93. The molecule has 1 aromatic carbocycles. The van der Waals surface area contributed by atoms with Gasteiger partial charge < -0.3 is 36.2 Å². The van der Waals surface area contributed by atoms with Crippen molar-refractivity contribution >= 4 is 29.5 Å². The minimum absolute atomic E-state index is 0.0702. The molecule has 0 unspecified atom stereocenters. The Morgan fingerprint density at radius 1 is 1.07 bits per heavy atom. The highest BCUT2D eigenvalue weighted by molar-refractivity contribution is 6.01. The number of likely N-dealkylation sites (tertiary alicyclic amines) is 1. The van der Waals surface area contributed by atoms with Crippen LogP contribution in [0.2, 0.25) is 0 Å². The smallest absolute Gasteiger partial charge is 0.255 e. The zero-order chi connectivity index (χ0) is 30.0. The van der Waals surface area contributed by atoms with Gasteiger partial charge in [0.2, 0.25) is 23.6 Å². The van der Waals surface area contributed by atoms with Gasteiger partial charge in [0.1, 0.15) is 30.0 Å². The molecular weight excluding hydrogens is 528 g/mol. The third-order valence-electron chi connectivity index (χ3n) is 7.23. The number of nitrogens with one attached hydrogen (secondary N) is 5. The summed E-state index contributed by atoms with van der Waals surface area (Å²) >= 11 is 0. The van der Waals surface area contributed by atoms with Crippen LogP contribution in [0.3, 0.4) is 0 Å². The van der Waals surface area contributed by atoms with Crippen LogP contribution in [-0.2, 0) is 19.2 Å². The number of para-hydroxylation sites is 1. The first-order valence-corrected chi connectivity index (χ1v) is 14.4. The summed E-state index contributed by atoms with van der Waals surface area (Å²) in [6, 6.07) is 4.51. The Kier molecular flexibility index (Phi) is 11.5. The van der Waals surface area contributed by atoms with Crippen LogP contribution in [0.5, 0.6) is 5.75 Å². The molecule has 226 valence electrons. The average molecular weight is 573 g/mol. The Morgan fingerprint density at radius 2 is 1.78 bits per heavy atom. The number of amides is 5. The van der Waals surface area contributed by atoms with E-state index >= 15 is 0 Å². The molecule has 1 fully saturated rings. The number of carbonyl (C=O) groups is 5. The molecule has 5 amide bonds. The van der Waals surface area contributed by atoms with E-state index in [2.05, 4.69) is 31.5 Å². The Bertz CT molecular complexity index is 1100. The van der Waals surface area contributed by atoms with Gasteiger partial charge in [-0.3, -0.25) is 24.0 Å². The lowest BCUT2D eigenvalue weighted by Gasteiger charge is -2.30. The largest absolute Gasteiger partial charge is 0.491 e. The third-order valence-corrected chi connectivity index (χ3v) is 7.23. The maximum absolute atomic E-state index is 13.3. The predicted octanol–water partition coefficient (Wildman–Crippen LogP) is 0.321. The second-order valence-electron chi connectivity index (χ2n) is 11.4. The molecule has 1 aromatic rings. The first-order valence-electron chi connectivity index (χ1n) is 14.4. The lowest BCUT2D eigenvalue weighted by atomic mass is 9.99. The normalized spacial score (nSPS) is 23.1. The number of carbonyl (C=O) groups excluding carboxylic acids is 5. The van der Waals surface area contributed by atoms with Crippen molar-refractivity contribution in [3.63, 3.8) is 0 Å². The number of nitrogens with zero attached hydrogens (tertiary/aromatic N) is 1. The second-order valence-corrected chi connectivity index (χ2v) is 11.4. The lowest BCUT2D eigenvalue weighted by Crippen LogP contribution is -2.61. The molecule has 2 heterocycles. The van der Waals surface area contributed by atoms with Gasteiger partial charge in [0, 0.05) is 13.1 Å². The number of ether oxygens (including phenoxy) is 1. The molecule has 0 bridgehead atoms. The quantitative estimate of drug-likeness (QED) is 0.340. The summed E-state index contributed by atoms with van der Waals surface area (Å²) in [5.41, 5.74) is -1.21. The number of hydrogen-bond donors (Lipinski definition) is 5. The summed E-state index contributed by atoms with van der Waals surface area (Å²) in [5.74, 6) is -2.61. The Labute approximate surface area is 241 Å². The van der Waals surface area contributed by atoms with Gasteiger partial charge in [-0.05, 0) is 57.8 Å². The Hall–Kier alpha value is -3.67. The van der Waals surface area contributed by atoms with Gasteiger partial charge in [-0.1, -0.05) is 32.4 Å². The summed E-state index contributed by atoms with van der Waals surface area (Å²) < 4.78 is 5.78. The van der Waals surface area contributed by atoms with E-state index < -0.39 is 53.6 Å². The molecule has 5 N–H and O–H groups in total. The molecule has 0 saturated carbocycles. The molecule has 2 aliphatic rings. The molecule has 2 atom stereocenters. The molecule has 3 rings (SSSR count). The van der Waals surface area contributed by atoms with Gasteiger partial charge in [0.25, 0.3) is 5.91 Å². The number of rotatable bonds is 5. The van der Waals surface area contributed by atoms with Gasteiger partial charge in [-0.15, -0.1) is 0 Å². The maximum Gasteiger partial charge on any atom is 0.255 e. The predicted molar refractivity (Wildman–Crippen MR) is 153 cm³/mol. The van der Waals surface area contributed by atoms with E-state index in [1.165, 1.54) is 20.3 Å². The number of fused-ring (bicyclic) bond motifs is 1. The van der Waals surface area contributed by atoms with Crippen molar-refractivity contribution in [2.45, 2.75) is 71.0 Å². The van der Waals surface area contributed by atoms with Gasteiger partial charge >= 0.3 is 0 Å². The van der Waals surface area contributed by atoms with E-state index in [0.29, 0.717) is 13.1 Å². The van der Waals surface area contributed by atoms with E-state index in [9.17, 15) is 24.0 Å². The molecule has 12 nitrogen and oxygen atoms in total. The summed E-state index contributed by atoms with van der Waals surface area (Å²) in [5, 5.41) is 13.7. The van der Waals surface area contributed by atoms with Crippen molar-refractivity contribution in [3.8, 4) is 5.75 Å². The molecular formula is C29H44N6O6. The molecule has 0 spiro atoms. The highest BCUT2D eigenvalue weighted by Crippen LogP contribution is 2.18. The lowest BCUT2D eigenvalue weighted by molar-refractivity contribution is -0.136. The van der Waals surface area contributed by atoms with Crippen molar-refractivity contribution in [2.75, 3.05) is 39.3 Å². The fourth-order valence-corrected chi connectivity index (χ4v) is 4.81. The van der Waals surface area contributed by atoms with Gasteiger partial charge in [0.15, 0.2) is 0 Å². The molecule has 1 saturated heterocycles. The number of piperidine rings is 1. The van der Waals surface area contributed by atoms with Gasteiger partial charge in [-0.25, -0.2) is 0 Å². The monoisotopic (exact) mass is 572 g/mol. The van der Waals surface area contributed by atoms with Crippen LogP contribution in [0.15, 0.2) is 24.3 Å². The third kappa shape index (κ3) is 9.44. The van der Waals surface area contributed by atoms with Crippen molar-refractivity contribution in [2.24, 2.45) is 5.92 Å². The van der Waals surface area contributed by atoms with Crippen LogP contribution >= 0.6 is 0 Å². The van der Waals surface area contributed by atoms with E-state index in [4.69, 9.17) is 4.74 Å². The second kappa shape index (κ2) is 14.8. The first-order chi connectivity index (χ1) is 19.5. The maximum atomic E-state index is 13.3. The van der Waals surface area contributed by atoms with Crippen molar-refractivity contribution < 1.29 is 28.7 Å². The number of hydrogen-bond acceptors (Lipinski definition) is 7. The zero-order valence-corrected chi connectivity index (χ0v) is 24.5. The Balaban J connectivity index is 1.82. The van der Waals surface area contributed by atoms with E-state index in [-0.39, 0.29) is 30.4 Å². The zero-order valence-electron chi connectivity index (χ0n) is 24.5. The Morgan fingerprint density at radius 3 is 2.49 bits per heavy atom. The first kappa shape index (κ1) is 31.9. The van der Waals surface area contributed by atoms with Crippen LogP contribution in [-0.4, -0.2) is 91.4 Å². The standard InChI is InChI=1S/C29H44N6O6/c1-19(2)24-27(39)31-13-17-41-22-11-7-6-10-20(22)25(37)32-21(18-23(36)34-29(3,4)28(40)33-24)26(38)30-12-16-35-14-8-5-9-15-35/h6-7,10-11,19,21,24H,5,8-9,12-18H2,1-4H3,(H,30,38)(H,31,39)(H,32,37)(H,33,40)(H,34,36)/t21-,24+/m0/s1. The summed E-state index contributed by atoms with van der Waals surface area (Å²) in [4.78, 5) is 67.9. The topological polar surface area (TPSA) is 158 Å².